The van der Waals surface area contributed by atoms with Crippen LogP contribution in [0, 0.1) is 0 Å². The monoisotopic (exact) mass is 338 g/mol. The van der Waals surface area contributed by atoms with Gasteiger partial charge in [-0.2, -0.15) is 0 Å². The van der Waals surface area contributed by atoms with Crippen molar-refractivity contribution in [3.63, 3.8) is 0 Å². The van der Waals surface area contributed by atoms with Gasteiger partial charge >= 0.3 is 0 Å². The van der Waals surface area contributed by atoms with E-state index in [0.717, 1.165) is 54.5 Å². The third-order valence-electron chi connectivity index (χ3n) is 4.46. The van der Waals surface area contributed by atoms with Crippen LogP contribution in [0.15, 0.2) is 47.3 Å². The third kappa shape index (κ3) is 3.85. The Morgan fingerprint density at radius 1 is 0.920 bits per heavy atom. The maximum atomic E-state index is 12.2. The summed E-state index contributed by atoms with van der Waals surface area (Å²) in [7, 11) is 0. The fourth-order valence-electron chi connectivity index (χ4n) is 3.37. The van der Waals surface area contributed by atoms with E-state index in [4.69, 9.17) is 4.74 Å². The summed E-state index contributed by atoms with van der Waals surface area (Å²) in [5, 5.41) is 2.62. The van der Waals surface area contributed by atoms with Crippen LogP contribution in [0.4, 0.5) is 0 Å². The summed E-state index contributed by atoms with van der Waals surface area (Å²) in [4.78, 5) is 17.7. The third-order valence-corrected chi connectivity index (χ3v) is 4.46. The smallest absolute Gasteiger partial charge is 0.256 e. The predicted octanol–water partition coefficient (Wildman–Crippen LogP) is 4.18. The summed E-state index contributed by atoms with van der Waals surface area (Å²) < 4.78 is 6.13. The zero-order chi connectivity index (χ0) is 17.6. The lowest BCUT2D eigenvalue weighted by molar-refractivity contribution is 0.210. The van der Waals surface area contributed by atoms with Gasteiger partial charge in [-0.3, -0.25) is 9.69 Å². The molecule has 0 bridgehead atoms. The maximum absolute atomic E-state index is 12.2. The van der Waals surface area contributed by atoms with E-state index in [1.807, 2.05) is 42.5 Å². The van der Waals surface area contributed by atoms with Crippen molar-refractivity contribution < 1.29 is 4.74 Å². The number of hydrogen-bond donors (Lipinski definition) is 1. The van der Waals surface area contributed by atoms with Gasteiger partial charge in [-0.1, -0.05) is 38.1 Å². The second kappa shape index (κ2) is 8.17. The van der Waals surface area contributed by atoms with Gasteiger partial charge in [0.25, 0.3) is 5.56 Å². The minimum absolute atomic E-state index is 0.0580. The summed E-state index contributed by atoms with van der Waals surface area (Å²) >= 11 is 0. The molecule has 1 N–H and O–H groups in total. The zero-order valence-electron chi connectivity index (χ0n) is 15.0. The molecule has 4 heteroatoms. The average molecular weight is 338 g/mol. The van der Waals surface area contributed by atoms with E-state index >= 15 is 0 Å². The molecule has 0 fully saturated rings. The molecule has 0 radical (unpaired) electrons. The molecule has 0 amide bonds. The van der Waals surface area contributed by atoms with E-state index in [9.17, 15) is 4.79 Å². The van der Waals surface area contributed by atoms with Crippen LogP contribution in [0.5, 0.6) is 5.75 Å². The standard InChI is InChI=1S/C21H26N2O2/c1-3-12-23(13-4-2)14-15-25-19-11-7-10-18-20(19)16-8-5-6-9-17(16)21(24)22-18/h5-11H,3-4,12-15H2,1-2H3,(H,22,24). The Morgan fingerprint density at radius 3 is 2.36 bits per heavy atom. The lowest BCUT2D eigenvalue weighted by atomic mass is 10.1. The zero-order valence-corrected chi connectivity index (χ0v) is 15.0. The lowest BCUT2D eigenvalue weighted by Gasteiger charge is -2.21. The molecule has 0 aliphatic carbocycles. The minimum Gasteiger partial charge on any atom is -0.492 e. The average Bonchev–Trinajstić information content (AvgIpc) is 2.62. The van der Waals surface area contributed by atoms with Crippen molar-refractivity contribution in [1.82, 2.24) is 9.88 Å². The SMILES string of the molecule is CCCN(CCC)CCOc1cccc2[nH]c(=O)c3ccccc3c12. The summed E-state index contributed by atoms with van der Waals surface area (Å²) in [6.07, 6.45) is 2.31. The molecule has 0 atom stereocenters. The highest BCUT2D eigenvalue weighted by Gasteiger charge is 2.10. The van der Waals surface area contributed by atoms with Gasteiger partial charge in [0.05, 0.1) is 5.52 Å². The van der Waals surface area contributed by atoms with Gasteiger partial charge in [0.15, 0.2) is 0 Å². The van der Waals surface area contributed by atoms with Gasteiger partial charge in [0.2, 0.25) is 0 Å². The van der Waals surface area contributed by atoms with Crippen LogP contribution in [-0.4, -0.2) is 36.1 Å². The molecule has 3 aromatic rings. The van der Waals surface area contributed by atoms with Crippen molar-refractivity contribution in [1.29, 1.82) is 0 Å². The Labute approximate surface area is 148 Å². The van der Waals surface area contributed by atoms with Crippen LogP contribution in [0.2, 0.25) is 0 Å². The van der Waals surface area contributed by atoms with Gasteiger partial charge in [0.1, 0.15) is 12.4 Å². The molecule has 0 aliphatic heterocycles. The summed E-state index contributed by atoms with van der Waals surface area (Å²) in [5.74, 6) is 0.831. The van der Waals surface area contributed by atoms with Crippen LogP contribution >= 0.6 is 0 Å². The quantitative estimate of drug-likeness (QED) is 0.627. The van der Waals surface area contributed by atoms with Crippen molar-refractivity contribution >= 4 is 21.7 Å². The van der Waals surface area contributed by atoms with Gasteiger partial charge in [-0.15, -0.1) is 0 Å². The first-order valence-electron chi connectivity index (χ1n) is 9.13. The lowest BCUT2D eigenvalue weighted by Crippen LogP contribution is -2.30. The van der Waals surface area contributed by atoms with E-state index in [-0.39, 0.29) is 5.56 Å². The van der Waals surface area contributed by atoms with Crippen molar-refractivity contribution in [2.24, 2.45) is 0 Å². The number of ether oxygens (including phenoxy) is 1. The maximum Gasteiger partial charge on any atom is 0.256 e. The summed E-state index contributed by atoms with van der Waals surface area (Å²) in [6.45, 7) is 8.17. The second-order valence-corrected chi connectivity index (χ2v) is 6.37. The van der Waals surface area contributed by atoms with E-state index < -0.39 is 0 Å². The van der Waals surface area contributed by atoms with Gasteiger partial charge < -0.3 is 9.72 Å². The van der Waals surface area contributed by atoms with Crippen LogP contribution in [0.3, 0.4) is 0 Å². The normalized spacial score (nSPS) is 11.5. The molecule has 0 aliphatic rings. The number of rotatable bonds is 8. The number of hydrogen-bond acceptors (Lipinski definition) is 3. The number of aromatic nitrogens is 1. The molecule has 132 valence electrons. The van der Waals surface area contributed by atoms with Crippen LogP contribution in [0.25, 0.3) is 21.7 Å². The fourth-order valence-corrected chi connectivity index (χ4v) is 3.37. The molecule has 3 rings (SSSR count). The van der Waals surface area contributed by atoms with Crippen LogP contribution in [-0.2, 0) is 0 Å². The first kappa shape index (κ1) is 17.5. The molecule has 0 saturated heterocycles. The topological polar surface area (TPSA) is 45.3 Å². The molecule has 1 aromatic heterocycles. The molecule has 0 spiro atoms. The van der Waals surface area contributed by atoms with Gasteiger partial charge in [-0.25, -0.2) is 0 Å². The van der Waals surface area contributed by atoms with E-state index in [2.05, 4.69) is 23.7 Å². The van der Waals surface area contributed by atoms with Gasteiger partial charge in [0, 0.05) is 22.7 Å². The predicted molar refractivity (Wildman–Crippen MR) is 105 cm³/mol. The van der Waals surface area contributed by atoms with Crippen LogP contribution in [0.1, 0.15) is 26.7 Å². The minimum atomic E-state index is -0.0580. The second-order valence-electron chi connectivity index (χ2n) is 6.37. The number of benzene rings is 2. The van der Waals surface area contributed by atoms with E-state index in [1.54, 1.807) is 0 Å². The Kier molecular flexibility index (Phi) is 5.71. The molecule has 1 heterocycles. The van der Waals surface area contributed by atoms with Gasteiger partial charge in [-0.05, 0) is 44.1 Å². The van der Waals surface area contributed by atoms with Crippen molar-refractivity contribution in [3.05, 3.63) is 52.8 Å². The molecule has 0 saturated carbocycles. The van der Waals surface area contributed by atoms with Crippen molar-refractivity contribution in [2.75, 3.05) is 26.2 Å². The van der Waals surface area contributed by atoms with Crippen molar-refractivity contribution in [2.45, 2.75) is 26.7 Å². The first-order valence-corrected chi connectivity index (χ1v) is 9.13. The fraction of sp³-hybridized carbons (Fsp3) is 0.381. The highest BCUT2D eigenvalue weighted by Crippen LogP contribution is 2.30. The Morgan fingerprint density at radius 2 is 1.64 bits per heavy atom. The number of H-pyrrole nitrogens is 1. The summed E-state index contributed by atoms with van der Waals surface area (Å²) in [5.41, 5.74) is 0.762. The Bertz CT molecular complexity index is 895. The molecule has 25 heavy (non-hydrogen) atoms. The number of fused-ring (bicyclic) bond motifs is 3. The van der Waals surface area contributed by atoms with Crippen molar-refractivity contribution in [3.8, 4) is 5.75 Å². The molecular weight excluding hydrogens is 312 g/mol. The number of nitrogens with one attached hydrogen (secondary N) is 1. The van der Waals surface area contributed by atoms with E-state index in [0.29, 0.717) is 12.0 Å². The largest absolute Gasteiger partial charge is 0.492 e. The molecule has 4 nitrogen and oxygen atoms in total. The number of aromatic amines is 1. The Balaban J connectivity index is 1.89. The molecule has 2 aromatic carbocycles. The van der Waals surface area contributed by atoms with Crippen LogP contribution < -0.4 is 10.3 Å². The Hall–Kier alpha value is -2.33. The number of pyridine rings is 1. The number of nitrogens with zero attached hydrogens (tertiary/aromatic N) is 1. The molecular formula is C21H26N2O2. The van der Waals surface area contributed by atoms with E-state index in [1.165, 1.54) is 0 Å². The molecule has 0 unspecified atom stereocenters. The highest BCUT2D eigenvalue weighted by atomic mass is 16.5. The highest BCUT2D eigenvalue weighted by molar-refractivity contribution is 6.08. The first-order chi connectivity index (χ1) is 12.2. The summed E-state index contributed by atoms with van der Waals surface area (Å²) in [6, 6.07) is 13.5.